The van der Waals surface area contributed by atoms with Crippen molar-refractivity contribution in [1.29, 1.82) is 0 Å². The molecule has 0 N–H and O–H groups in total. The van der Waals surface area contributed by atoms with Crippen LogP contribution in [0.15, 0.2) is 23.9 Å². The Morgan fingerprint density at radius 2 is 1.66 bits per heavy atom. The zero-order valence-corrected chi connectivity index (χ0v) is 22.3. The Labute approximate surface area is 212 Å². The van der Waals surface area contributed by atoms with Crippen molar-refractivity contribution in [3.05, 3.63) is 45.9 Å². The van der Waals surface area contributed by atoms with Gasteiger partial charge in [0.2, 0.25) is 11.2 Å². The van der Waals surface area contributed by atoms with Gasteiger partial charge in [0.25, 0.3) is 0 Å². The van der Waals surface area contributed by atoms with Gasteiger partial charge in [0, 0.05) is 42.3 Å². The minimum Gasteiger partial charge on any atom is -0.748 e. The number of allylic oxidation sites excluding steroid dienone is 1. The summed E-state index contributed by atoms with van der Waals surface area (Å²) in [5.74, 6) is -0.941. The molecule has 0 atom stereocenters. The molecule has 0 radical (unpaired) electrons. The quantitative estimate of drug-likeness (QED) is 0.287. The van der Waals surface area contributed by atoms with Crippen LogP contribution >= 0.6 is 23.1 Å². The van der Waals surface area contributed by atoms with Crippen molar-refractivity contribution in [1.82, 2.24) is 8.75 Å². The fourth-order valence-corrected chi connectivity index (χ4v) is 6.64. The maximum absolute atomic E-state index is 11.2. The highest BCUT2D eigenvalue weighted by Gasteiger charge is 2.25. The number of pyridine rings is 1. The first kappa shape index (κ1) is 25.9. The van der Waals surface area contributed by atoms with Gasteiger partial charge >= 0.3 is 0 Å². The van der Waals surface area contributed by atoms with Crippen LogP contribution in [0.4, 0.5) is 5.69 Å². The molecule has 0 saturated heterocycles. The molecular formula is C21H23N4O6S4-. The van der Waals surface area contributed by atoms with Crippen LogP contribution in [0.3, 0.4) is 0 Å². The van der Waals surface area contributed by atoms with Crippen molar-refractivity contribution in [2.45, 2.75) is 33.2 Å². The Morgan fingerprint density at radius 1 is 0.971 bits per heavy atom. The number of fused-ring (bicyclic) bond motifs is 2. The second-order valence-electron chi connectivity index (χ2n) is 8.16. The van der Waals surface area contributed by atoms with Crippen LogP contribution in [0, 0.1) is 13.8 Å². The van der Waals surface area contributed by atoms with Crippen LogP contribution in [0.25, 0.3) is 22.4 Å². The van der Waals surface area contributed by atoms with Crippen LogP contribution in [-0.2, 0) is 26.8 Å². The van der Waals surface area contributed by atoms with Crippen LogP contribution < -0.4 is 9.47 Å². The molecule has 0 amide bonds. The highest BCUT2D eigenvalue weighted by Crippen LogP contribution is 2.37. The van der Waals surface area contributed by atoms with Crippen LogP contribution in [0.2, 0.25) is 0 Å². The number of hydrogen-bond acceptors (Lipinski definition) is 11. The molecule has 0 fully saturated rings. The Morgan fingerprint density at radius 3 is 2.37 bits per heavy atom. The van der Waals surface area contributed by atoms with Gasteiger partial charge in [-0.25, -0.2) is 16.8 Å². The molecule has 188 valence electrons. The lowest BCUT2D eigenvalue weighted by molar-refractivity contribution is -0.673. The number of hydrogen-bond donors (Lipinski definition) is 0. The number of aryl methyl sites for hydroxylation is 3. The smallest absolute Gasteiger partial charge is 0.247 e. The SMILES string of the molecule is Cc1nsc2c1N(CCCS(=O)(=O)[O-])/C(=C/c1ccc3snc(C)c3[n+]1CCCS(=O)(=O)[O-])C=C2. The Balaban J connectivity index is 1.76. The minimum absolute atomic E-state index is 0.152. The van der Waals surface area contributed by atoms with Gasteiger partial charge in [0.1, 0.15) is 10.4 Å². The lowest BCUT2D eigenvalue weighted by Gasteiger charge is -2.29. The minimum atomic E-state index is -4.34. The third kappa shape index (κ3) is 6.13. The van der Waals surface area contributed by atoms with E-state index in [1.807, 2.05) is 53.7 Å². The zero-order chi connectivity index (χ0) is 25.4. The van der Waals surface area contributed by atoms with Crippen LogP contribution in [0.1, 0.15) is 34.8 Å². The summed E-state index contributed by atoms with van der Waals surface area (Å²) in [6.07, 6.45) is 6.07. The molecule has 14 heteroatoms. The normalized spacial score (nSPS) is 15.3. The fourth-order valence-electron chi connectivity index (χ4n) is 4.08. The van der Waals surface area contributed by atoms with E-state index in [1.54, 1.807) is 0 Å². The maximum atomic E-state index is 11.2. The molecule has 3 aromatic rings. The largest absolute Gasteiger partial charge is 0.748 e. The van der Waals surface area contributed by atoms with E-state index in [-0.39, 0.29) is 12.8 Å². The third-order valence-electron chi connectivity index (χ3n) is 5.54. The van der Waals surface area contributed by atoms with Gasteiger partial charge in [-0.15, -0.1) is 0 Å². The van der Waals surface area contributed by atoms with E-state index in [4.69, 9.17) is 0 Å². The lowest BCUT2D eigenvalue weighted by Crippen LogP contribution is -2.39. The van der Waals surface area contributed by atoms with Gasteiger partial charge in [-0.1, -0.05) is 0 Å². The average Bonchev–Trinajstić information content (AvgIpc) is 3.32. The first-order valence-electron chi connectivity index (χ1n) is 10.7. The van der Waals surface area contributed by atoms with E-state index >= 15 is 0 Å². The Kier molecular flexibility index (Phi) is 7.41. The predicted octanol–water partition coefficient (Wildman–Crippen LogP) is 2.40. The number of nitrogens with zero attached hydrogens (tertiary/aromatic N) is 4. The van der Waals surface area contributed by atoms with E-state index in [0.29, 0.717) is 13.1 Å². The molecule has 35 heavy (non-hydrogen) atoms. The molecule has 0 spiro atoms. The molecule has 0 saturated carbocycles. The van der Waals surface area contributed by atoms with Crippen LogP contribution in [0.5, 0.6) is 0 Å². The second-order valence-corrected chi connectivity index (χ2v) is 12.8. The summed E-state index contributed by atoms with van der Waals surface area (Å²) in [4.78, 5) is 2.89. The van der Waals surface area contributed by atoms with E-state index in [2.05, 4.69) is 8.75 Å². The van der Waals surface area contributed by atoms with Gasteiger partial charge in [-0.2, -0.15) is 13.3 Å². The summed E-state index contributed by atoms with van der Waals surface area (Å²) >= 11 is 2.68. The summed E-state index contributed by atoms with van der Waals surface area (Å²) in [7, 11) is -8.68. The van der Waals surface area contributed by atoms with Gasteiger partial charge < -0.3 is 14.0 Å². The molecule has 0 aliphatic carbocycles. The average molecular weight is 556 g/mol. The molecular weight excluding hydrogens is 533 g/mol. The van der Waals surface area contributed by atoms with Crippen molar-refractivity contribution in [2.24, 2.45) is 0 Å². The van der Waals surface area contributed by atoms with E-state index < -0.39 is 31.7 Å². The third-order valence-corrected chi connectivity index (χ3v) is 8.90. The zero-order valence-electron chi connectivity index (χ0n) is 19.0. The summed E-state index contributed by atoms with van der Waals surface area (Å²) in [6.45, 7) is 4.36. The topological polar surface area (TPSA) is 147 Å². The lowest BCUT2D eigenvalue weighted by atomic mass is 10.1. The summed E-state index contributed by atoms with van der Waals surface area (Å²) in [5.41, 5.74) is 4.87. The van der Waals surface area contributed by atoms with Gasteiger partial charge in [-0.3, -0.25) is 0 Å². The van der Waals surface area contributed by atoms with Gasteiger partial charge in [0.15, 0.2) is 6.54 Å². The molecule has 10 nitrogen and oxygen atoms in total. The molecule has 4 heterocycles. The van der Waals surface area contributed by atoms with Crippen molar-refractivity contribution < 1.29 is 30.5 Å². The first-order chi connectivity index (χ1) is 16.4. The predicted molar refractivity (Wildman–Crippen MR) is 134 cm³/mol. The van der Waals surface area contributed by atoms with E-state index in [0.717, 1.165) is 43.6 Å². The summed E-state index contributed by atoms with van der Waals surface area (Å²) in [6, 6.07) is 3.85. The Bertz CT molecular complexity index is 1540. The molecule has 1 aliphatic heterocycles. The second kappa shape index (κ2) is 10.0. The molecule has 0 bridgehead atoms. The summed E-state index contributed by atoms with van der Waals surface area (Å²) in [5, 5.41) is 0. The van der Waals surface area contributed by atoms with Gasteiger partial charge in [-0.05, 0) is 61.6 Å². The fraction of sp³-hybridized carbons (Fsp3) is 0.381. The first-order valence-corrected chi connectivity index (χ1v) is 15.4. The molecule has 0 unspecified atom stereocenters. The number of rotatable bonds is 9. The monoisotopic (exact) mass is 555 g/mol. The van der Waals surface area contributed by atoms with Crippen molar-refractivity contribution in [3.8, 4) is 0 Å². The van der Waals surface area contributed by atoms with Crippen molar-refractivity contribution in [2.75, 3.05) is 23.0 Å². The molecule has 4 rings (SSSR count). The molecule has 1 aliphatic rings. The van der Waals surface area contributed by atoms with Gasteiger partial charge in [0.05, 0.1) is 36.5 Å². The molecule has 0 aromatic carbocycles. The molecule has 3 aromatic heterocycles. The summed E-state index contributed by atoms with van der Waals surface area (Å²) < 4.78 is 78.7. The highest BCUT2D eigenvalue weighted by molar-refractivity contribution is 7.85. The van der Waals surface area contributed by atoms with Crippen molar-refractivity contribution in [3.63, 3.8) is 0 Å². The highest BCUT2D eigenvalue weighted by atomic mass is 32.2. The standard InChI is InChI=1S/C21H24N4O6S4/c1-14-20-18(32-22-14)7-5-16(24(20)9-3-11-34(26,27)28)13-17-6-8-19-21(15(2)23-33-19)25(17)10-4-12-35(29,30)31/h5-8,13H,3-4,9-12H2,1-2H3,(H-,26,27,28,29,30,31)/p-1. The number of anilines is 1. The maximum Gasteiger partial charge on any atom is 0.247 e. The van der Waals surface area contributed by atoms with Crippen molar-refractivity contribution >= 4 is 71.4 Å². The number of aromatic nitrogens is 3. The Hall–Kier alpha value is -2.23. The van der Waals surface area contributed by atoms with E-state index in [9.17, 15) is 25.9 Å². The van der Waals surface area contributed by atoms with Crippen LogP contribution in [-0.4, -0.2) is 52.7 Å². The van der Waals surface area contributed by atoms with E-state index in [1.165, 1.54) is 23.1 Å².